The first-order valence-corrected chi connectivity index (χ1v) is 21.9. The molecule has 2 aromatic heterocycles. The smallest absolute Gasteiger partial charge is 0.164 e. The molecular formula is C58H35N3S. The lowest BCUT2D eigenvalue weighted by molar-refractivity contribution is 0.796. The Hall–Kier alpha value is -7.79. The van der Waals surface area contributed by atoms with E-state index in [1.165, 1.54) is 75.8 Å². The van der Waals surface area contributed by atoms with Crippen molar-refractivity contribution < 1.29 is 0 Å². The molecule has 0 bridgehead atoms. The Morgan fingerprint density at radius 1 is 0.290 bits per heavy atom. The van der Waals surface area contributed by atoms with E-state index in [0.29, 0.717) is 17.5 Å². The monoisotopic (exact) mass is 805 g/mol. The summed E-state index contributed by atoms with van der Waals surface area (Å²) in [6, 6.07) is 76.7. The van der Waals surface area contributed by atoms with Gasteiger partial charge in [0.05, 0.1) is 5.41 Å². The van der Waals surface area contributed by atoms with E-state index in [1.54, 1.807) is 0 Å². The fraction of sp³-hybridized carbons (Fsp3) is 0.0172. The van der Waals surface area contributed by atoms with Crippen LogP contribution >= 0.6 is 11.3 Å². The van der Waals surface area contributed by atoms with Gasteiger partial charge in [0.15, 0.2) is 17.5 Å². The number of hydrogen-bond acceptors (Lipinski definition) is 4. The molecule has 0 unspecified atom stereocenters. The van der Waals surface area contributed by atoms with Gasteiger partial charge in [-0.15, -0.1) is 11.3 Å². The maximum absolute atomic E-state index is 5.28. The topological polar surface area (TPSA) is 38.7 Å². The third-order valence-electron chi connectivity index (χ3n) is 13.0. The summed E-state index contributed by atoms with van der Waals surface area (Å²) in [5, 5.41) is 2.54. The van der Waals surface area contributed by atoms with Crippen molar-refractivity contribution in [2.24, 2.45) is 0 Å². The zero-order valence-corrected chi connectivity index (χ0v) is 34.3. The summed E-state index contributed by atoms with van der Waals surface area (Å²) in [4.78, 5) is 15.6. The van der Waals surface area contributed by atoms with E-state index in [2.05, 4.69) is 194 Å². The van der Waals surface area contributed by atoms with Gasteiger partial charge in [-0.1, -0.05) is 206 Å². The van der Waals surface area contributed by atoms with Gasteiger partial charge in [0.2, 0.25) is 0 Å². The van der Waals surface area contributed by atoms with Crippen molar-refractivity contribution >= 4 is 31.5 Å². The average molecular weight is 806 g/mol. The van der Waals surface area contributed by atoms with Crippen molar-refractivity contribution in [1.82, 2.24) is 15.0 Å². The van der Waals surface area contributed by atoms with Crippen LogP contribution in [-0.2, 0) is 5.41 Å². The molecule has 3 nitrogen and oxygen atoms in total. The van der Waals surface area contributed by atoms with Crippen molar-refractivity contribution in [3.63, 3.8) is 0 Å². The maximum atomic E-state index is 5.28. The standard InChI is InChI=1S/C58H35N3S/c1-2-16-37(17-3-1)55-59-56(61-57(60-55)48-23-5-4-18-40(48)46-26-15-27-47-44-22-9-13-31-52(44)62-54(46)47)38-34-32-36(33-35-38)39-24-14-25-45-43-21-8-12-30-51(43)58(53(39)45)49-28-10-6-19-41(49)42-20-7-11-29-50(42)58/h1-35H. The normalized spacial score (nSPS) is 13.0. The van der Waals surface area contributed by atoms with Gasteiger partial charge in [0.1, 0.15) is 0 Å². The number of aromatic nitrogens is 3. The Labute approximate surface area is 363 Å². The van der Waals surface area contributed by atoms with Gasteiger partial charge in [-0.3, -0.25) is 0 Å². The van der Waals surface area contributed by atoms with Crippen LogP contribution in [0.4, 0.5) is 0 Å². The molecule has 1 spiro atoms. The average Bonchev–Trinajstić information content (AvgIpc) is 3.99. The number of thiophene rings is 1. The molecule has 288 valence electrons. The zero-order valence-electron chi connectivity index (χ0n) is 33.5. The van der Waals surface area contributed by atoms with Crippen molar-refractivity contribution in [3.8, 4) is 78.7 Å². The fourth-order valence-electron chi connectivity index (χ4n) is 10.4. The molecule has 2 heterocycles. The van der Waals surface area contributed by atoms with Crippen LogP contribution in [0.1, 0.15) is 22.3 Å². The van der Waals surface area contributed by atoms with Crippen LogP contribution in [0.5, 0.6) is 0 Å². The quantitative estimate of drug-likeness (QED) is 0.174. The molecule has 2 aliphatic rings. The second-order valence-corrected chi connectivity index (χ2v) is 17.2. The van der Waals surface area contributed by atoms with Crippen molar-refractivity contribution in [2.75, 3.05) is 0 Å². The first kappa shape index (κ1) is 35.0. The zero-order chi connectivity index (χ0) is 40.8. The van der Waals surface area contributed by atoms with E-state index in [-0.39, 0.29) is 0 Å². The summed E-state index contributed by atoms with van der Waals surface area (Å²) in [5.41, 5.74) is 17.6. The van der Waals surface area contributed by atoms with E-state index < -0.39 is 5.41 Å². The van der Waals surface area contributed by atoms with Crippen LogP contribution in [0.25, 0.3) is 98.8 Å². The van der Waals surface area contributed by atoms with Gasteiger partial charge in [0, 0.05) is 42.4 Å². The van der Waals surface area contributed by atoms with E-state index in [1.807, 2.05) is 29.5 Å². The summed E-state index contributed by atoms with van der Waals surface area (Å²) >= 11 is 1.84. The molecule has 0 atom stereocenters. The molecule has 0 saturated carbocycles. The van der Waals surface area contributed by atoms with Gasteiger partial charge in [-0.05, 0) is 67.3 Å². The number of rotatable bonds is 5. The fourth-order valence-corrected chi connectivity index (χ4v) is 11.6. The predicted molar refractivity (Wildman–Crippen MR) is 256 cm³/mol. The van der Waals surface area contributed by atoms with Gasteiger partial charge >= 0.3 is 0 Å². The summed E-state index contributed by atoms with van der Waals surface area (Å²) in [6.45, 7) is 0. The molecule has 0 aliphatic heterocycles. The van der Waals surface area contributed by atoms with Gasteiger partial charge in [-0.25, -0.2) is 15.0 Å². The Morgan fingerprint density at radius 2 is 0.742 bits per heavy atom. The second kappa shape index (κ2) is 13.6. The summed E-state index contributed by atoms with van der Waals surface area (Å²) in [7, 11) is 0. The number of nitrogens with zero attached hydrogens (tertiary/aromatic N) is 3. The first-order chi connectivity index (χ1) is 30.8. The predicted octanol–water partition coefficient (Wildman–Crippen LogP) is 14.9. The molecule has 0 amide bonds. The van der Waals surface area contributed by atoms with Crippen molar-refractivity contribution in [1.29, 1.82) is 0 Å². The minimum Gasteiger partial charge on any atom is -0.208 e. The number of hydrogen-bond donors (Lipinski definition) is 0. The highest BCUT2D eigenvalue weighted by Crippen LogP contribution is 2.64. The van der Waals surface area contributed by atoms with Crippen LogP contribution in [0, 0.1) is 0 Å². The minimum atomic E-state index is -0.435. The van der Waals surface area contributed by atoms with Crippen molar-refractivity contribution in [2.45, 2.75) is 5.41 Å². The SMILES string of the molecule is c1ccc(-c2nc(-c3ccc(-c4cccc5c4C4(c6ccccc6-c6ccccc64)c4ccccc4-5)cc3)nc(-c3ccccc3-c3cccc4c3sc3ccccc34)n2)cc1. The molecule has 0 saturated heterocycles. The molecule has 2 aliphatic carbocycles. The van der Waals surface area contributed by atoms with Gasteiger partial charge < -0.3 is 0 Å². The van der Waals surface area contributed by atoms with Crippen LogP contribution < -0.4 is 0 Å². The largest absolute Gasteiger partial charge is 0.208 e. The van der Waals surface area contributed by atoms with Crippen LogP contribution in [0.2, 0.25) is 0 Å². The molecular weight excluding hydrogens is 771 g/mol. The van der Waals surface area contributed by atoms with E-state index in [0.717, 1.165) is 27.8 Å². The molecule has 9 aromatic carbocycles. The molecule has 62 heavy (non-hydrogen) atoms. The lowest BCUT2D eigenvalue weighted by Gasteiger charge is -2.32. The third kappa shape index (κ3) is 5.02. The highest BCUT2D eigenvalue weighted by Gasteiger charge is 2.52. The second-order valence-electron chi connectivity index (χ2n) is 16.2. The molecule has 0 N–H and O–H groups in total. The van der Waals surface area contributed by atoms with Crippen LogP contribution in [0.15, 0.2) is 212 Å². The van der Waals surface area contributed by atoms with E-state index in [9.17, 15) is 0 Å². The van der Waals surface area contributed by atoms with Crippen molar-refractivity contribution in [3.05, 3.63) is 235 Å². The number of benzene rings is 9. The van der Waals surface area contributed by atoms with Gasteiger partial charge in [-0.2, -0.15) is 0 Å². The molecule has 11 aromatic rings. The molecule has 0 fully saturated rings. The van der Waals surface area contributed by atoms with E-state index >= 15 is 0 Å². The lowest BCUT2D eigenvalue weighted by Crippen LogP contribution is -2.26. The van der Waals surface area contributed by atoms with E-state index in [4.69, 9.17) is 15.0 Å². The third-order valence-corrected chi connectivity index (χ3v) is 14.2. The Bertz CT molecular complexity index is 3520. The summed E-state index contributed by atoms with van der Waals surface area (Å²) in [5.74, 6) is 1.92. The number of fused-ring (bicyclic) bond motifs is 13. The minimum absolute atomic E-state index is 0.435. The van der Waals surface area contributed by atoms with Gasteiger partial charge in [0.25, 0.3) is 0 Å². The Balaban J connectivity index is 0.972. The van der Waals surface area contributed by atoms with Crippen LogP contribution in [-0.4, -0.2) is 15.0 Å². The summed E-state index contributed by atoms with van der Waals surface area (Å²) < 4.78 is 2.54. The highest BCUT2D eigenvalue weighted by molar-refractivity contribution is 7.26. The molecule has 4 heteroatoms. The Morgan fingerprint density at radius 3 is 1.44 bits per heavy atom. The van der Waals surface area contributed by atoms with Crippen LogP contribution in [0.3, 0.4) is 0 Å². The summed E-state index contributed by atoms with van der Waals surface area (Å²) in [6.07, 6.45) is 0. The molecule has 13 rings (SSSR count). The molecule has 0 radical (unpaired) electrons. The Kier molecular flexibility index (Phi) is 7.69. The first-order valence-electron chi connectivity index (χ1n) is 21.1. The maximum Gasteiger partial charge on any atom is 0.164 e. The lowest BCUT2D eigenvalue weighted by atomic mass is 9.68. The highest BCUT2D eigenvalue weighted by atomic mass is 32.1.